The molecule has 0 saturated carbocycles. The predicted octanol–water partition coefficient (Wildman–Crippen LogP) is 2.60. The standard InChI is InChI=1S/C17H11N7/c18-10-12(16-21-15-7-4-8-19-17(15)22-16)9-13-11-20-24(23-13)14-5-2-1-3-6-14/h1-9,11H,(H,19,21,22). The van der Waals surface area contributed by atoms with Gasteiger partial charge in [0.25, 0.3) is 0 Å². The molecule has 0 atom stereocenters. The van der Waals surface area contributed by atoms with Crippen molar-refractivity contribution in [2.24, 2.45) is 0 Å². The van der Waals surface area contributed by atoms with Crippen LogP contribution in [0.3, 0.4) is 0 Å². The molecule has 0 fully saturated rings. The van der Waals surface area contributed by atoms with Crippen molar-refractivity contribution in [2.45, 2.75) is 0 Å². The SMILES string of the molecule is N#CC(=Cc1cnn(-c2ccccc2)n1)c1nc2ncccc2[nH]1. The van der Waals surface area contributed by atoms with Gasteiger partial charge in [-0.2, -0.15) is 15.2 Å². The number of nitrogens with one attached hydrogen (secondary N) is 1. The summed E-state index contributed by atoms with van der Waals surface area (Å²) in [5.74, 6) is 0.459. The van der Waals surface area contributed by atoms with Gasteiger partial charge in [0.15, 0.2) is 11.5 Å². The number of aromatic nitrogens is 6. The van der Waals surface area contributed by atoms with E-state index in [1.807, 2.05) is 42.5 Å². The van der Waals surface area contributed by atoms with E-state index in [2.05, 4.69) is 31.2 Å². The van der Waals surface area contributed by atoms with Gasteiger partial charge in [-0.15, -0.1) is 5.10 Å². The zero-order chi connectivity index (χ0) is 16.4. The van der Waals surface area contributed by atoms with Crippen LogP contribution >= 0.6 is 0 Å². The molecule has 114 valence electrons. The summed E-state index contributed by atoms with van der Waals surface area (Å²) in [6.45, 7) is 0. The molecule has 0 amide bonds. The second-order valence-corrected chi connectivity index (χ2v) is 5.02. The lowest BCUT2D eigenvalue weighted by Crippen LogP contribution is -1.97. The van der Waals surface area contributed by atoms with E-state index >= 15 is 0 Å². The lowest BCUT2D eigenvalue weighted by Gasteiger charge is -1.96. The van der Waals surface area contributed by atoms with Gasteiger partial charge in [0.2, 0.25) is 0 Å². The fraction of sp³-hybridized carbons (Fsp3) is 0. The number of pyridine rings is 1. The molecule has 0 spiro atoms. The highest BCUT2D eigenvalue weighted by Crippen LogP contribution is 2.17. The van der Waals surface area contributed by atoms with Gasteiger partial charge < -0.3 is 4.98 Å². The maximum Gasteiger partial charge on any atom is 0.178 e. The Morgan fingerprint density at radius 2 is 2.04 bits per heavy atom. The fourth-order valence-corrected chi connectivity index (χ4v) is 2.30. The number of nitriles is 1. The Labute approximate surface area is 136 Å². The summed E-state index contributed by atoms with van der Waals surface area (Å²) in [6, 6.07) is 15.4. The third kappa shape index (κ3) is 2.53. The summed E-state index contributed by atoms with van der Waals surface area (Å²) in [7, 11) is 0. The van der Waals surface area contributed by atoms with Gasteiger partial charge in [-0.25, -0.2) is 9.97 Å². The van der Waals surface area contributed by atoms with Gasteiger partial charge >= 0.3 is 0 Å². The molecule has 0 aliphatic heterocycles. The summed E-state index contributed by atoms with van der Waals surface area (Å²) in [6.07, 6.45) is 4.91. The summed E-state index contributed by atoms with van der Waals surface area (Å²) in [5.41, 5.74) is 3.14. The minimum atomic E-state index is 0.369. The average molecular weight is 313 g/mol. The highest BCUT2D eigenvalue weighted by molar-refractivity contribution is 5.88. The van der Waals surface area contributed by atoms with Crippen molar-refractivity contribution in [1.29, 1.82) is 5.26 Å². The van der Waals surface area contributed by atoms with E-state index in [9.17, 15) is 5.26 Å². The van der Waals surface area contributed by atoms with Crippen molar-refractivity contribution < 1.29 is 0 Å². The Hall–Kier alpha value is -3.79. The number of hydrogen-bond acceptors (Lipinski definition) is 5. The molecule has 3 aromatic heterocycles. The molecule has 0 radical (unpaired) electrons. The van der Waals surface area contributed by atoms with Gasteiger partial charge in [-0.1, -0.05) is 18.2 Å². The van der Waals surface area contributed by atoms with Crippen LogP contribution < -0.4 is 0 Å². The molecular formula is C17H11N7. The lowest BCUT2D eigenvalue weighted by molar-refractivity contribution is 0.750. The van der Waals surface area contributed by atoms with Crippen LogP contribution in [0, 0.1) is 11.3 Å². The molecular weight excluding hydrogens is 302 g/mol. The van der Waals surface area contributed by atoms with Gasteiger partial charge in [0, 0.05) is 6.20 Å². The Morgan fingerprint density at radius 1 is 1.17 bits per heavy atom. The third-order valence-electron chi connectivity index (χ3n) is 3.42. The topological polar surface area (TPSA) is 96.1 Å². The van der Waals surface area contributed by atoms with Crippen LogP contribution in [0.1, 0.15) is 11.5 Å². The van der Waals surface area contributed by atoms with Crippen molar-refractivity contribution in [3.8, 4) is 11.8 Å². The number of imidazole rings is 1. The normalized spacial score (nSPS) is 11.5. The van der Waals surface area contributed by atoms with E-state index in [1.165, 1.54) is 4.80 Å². The van der Waals surface area contributed by atoms with E-state index < -0.39 is 0 Å². The second kappa shape index (κ2) is 5.78. The summed E-state index contributed by atoms with van der Waals surface area (Å²) in [4.78, 5) is 13.1. The molecule has 0 aliphatic carbocycles. The van der Waals surface area contributed by atoms with Crippen molar-refractivity contribution in [1.82, 2.24) is 29.9 Å². The van der Waals surface area contributed by atoms with Crippen molar-refractivity contribution in [3.05, 3.63) is 66.4 Å². The smallest absolute Gasteiger partial charge is 0.178 e. The summed E-state index contributed by atoms with van der Waals surface area (Å²) in [5, 5.41) is 18.0. The molecule has 4 aromatic rings. The molecule has 24 heavy (non-hydrogen) atoms. The first-order valence-corrected chi connectivity index (χ1v) is 7.24. The van der Waals surface area contributed by atoms with Crippen LogP contribution in [0.5, 0.6) is 0 Å². The summed E-state index contributed by atoms with van der Waals surface area (Å²) >= 11 is 0. The Bertz CT molecular complexity index is 1030. The van der Waals surface area contributed by atoms with Crippen molar-refractivity contribution >= 4 is 22.8 Å². The molecule has 0 saturated heterocycles. The van der Waals surface area contributed by atoms with Gasteiger partial charge in [-0.3, -0.25) is 0 Å². The van der Waals surface area contributed by atoms with Crippen molar-refractivity contribution in [3.63, 3.8) is 0 Å². The second-order valence-electron chi connectivity index (χ2n) is 5.02. The molecule has 1 N–H and O–H groups in total. The maximum absolute atomic E-state index is 9.44. The first-order valence-electron chi connectivity index (χ1n) is 7.24. The Balaban J connectivity index is 1.71. The number of rotatable bonds is 3. The van der Waals surface area contributed by atoms with Crippen LogP contribution in [0.25, 0.3) is 28.5 Å². The molecule has 3 heterocycles. The van der Waals surface area contributed by atoms with E-state index in [4.69, 9.17) is 0 Å². The first kappa shape index (κ1) is 13.8. The number of allylic oxidation sites excluding steroid dienone is 1. The molecule has 0 bridgehead atoms. The molecule has 4 rings (SSSR count). The van der Waals surface area contributed by atoms with Crippen molar-refractivity contribution in [2.75, 3.05) is 0 Å². The number of H-pyrrole nitrogens is 1. The monoisotopic (exact) mass is 313 g/mol. The molecule has 1 aromatic carbocycles. The van der Waals surface area contributed by atoms with E-state index in [1.54, 1.807) is 18.5 Å². The third-order valence-corrected chi connectivity index (χ3v) is 3.42. The lowest BCUT2D eigenvalue weighted by atomic mass is 10.2. The zero-order valence-electron chi connectivity index (χ0n) is 12.5. The van der Waals surface area contributed by atoms with E-state index in [0.717, 1.165) is 11.2 Å². The summed E-state index contributed by atoms with van der Waals surface area (Å²) < 4.78 is 0. The van der Waals surface area contributed by atoms with Crippen LogP contribution in [0.2, 0.25) is 0 Å². The number of benzene rings is 1. The Kier molecular flexibility index (Phi) is 3.33. The highest BCUT2D eigenvalue weighted by atomic mass is 15.5. The van der Waals surface area contributed by atoms with Crippen LogP contribution in [-0.4, -0.2) is 29.9 Å². The van der Waals surface area contributed by atoms with Crippen LogP contribution in [0.15, 0.2) is 54.9 Å². The first-order chi connectivity index (χ1) is 11.8. The maximum atomic E-state index is 9.44. The number of hydrogen-bond donors (Lipinski definition) is 1. The molecule has 0 aliphatic rings. The number of nitrogens with zero attached hydrogens (tertiary/aromatic N) is 6. The largest absolute Gasteiger partial charge is 0.336 e. The quantitative estimate of drug-likeness (QED) is 0.586. The molecule has 7 nitrogen and oxygen atoms in total. The number of fused-ring (bicyclic) bond motifs is 1. The number of aromatic amines is 1. The zero-order valence-corrected chi connectivity index (χ0v) is 12.5. The molecule has 7 heteroatoms. The Morgan fingerprint density at radius 3 is 2.83 bits per heavy atom. The fourth-order valence-electron chi connectivity index (χ4n) is 2.30. The van der Waals surface area contributed by atoms with Gasteiger partial charge in [0.05, 0.1) is 23.0 Å². The highest BCUT2D eigenvalue weighted by Gasteiger charge is 2.09. The van der Waals surface area contributed by atoms with Gasteiger partial charge in [0.1, 0.15) is 11.8 Å². The van der Waals surface area contributed by atoms with Gasteiger partial charge in [-0.05, 0) is 30.3 Å². The average Bonchev–Trinajstić information content (AvgIpc) is 3.27. The number of para-hydroxylation sites is 1. The predicted molar refractivity (Wildman–Crippen MR) is 88.7 cm³/mol. The van der Waals surface area contributed by atoms with E-state index in [-0.39, 0.29) is 0 Å². The molecule has 0 unspecified atom stereocenters. The van der Waals surface area contributed by atoms with Crippen LogP contribution in [0.4, 0.5) is 0 Å². The minimum absolute atomic E-state index is 0.369. The van der Waals surface area contributed by atoms with Crippen LogP contribution in [-0.2, 0) is 0 Å². The minimum Gasteiger partial charge on any atom is -0.336 e. The van der Waals surface area contributed by atoms with E-state index in [0.29, 0.717) is 22.7 Å².